The number of hydrogen-bond acceptors (Lipinski definition) is 4. The van der Waals surface area contributed by atoms with E-state index in [2.05, 4.69) is 11.6 Å². The molecule has 3 N–H and O–H groups in total. The molecule has 0 heterocycles. The lowest BCUT2D eigenvalue weighted by atomic mass is 9.99. The largest absolute Gasteiger partial charge is 0.492 e. The Kier molecular flexibility index (Phi) is 5.11. The standard InChI is InChI=1S/C15H24N2O3S/c1-3-20-14-8-7-13(16)9-15(14)21(18,19)17-10-12-6-4-5-11(12)2/h7-9,11-12,17H,3-6,10,16H2,1-2H3. The molecule has 0 aromatic heterocycles. The fourth-order valence-electron chi connectivity index (χ4n) is 2.83. The average Bonchev–Trinajstić information content (AvgIpc) is 2.84. The van der Waals surface area contributed by atoms with Crippen molar-refractivity contribution in [2.45, 2.75) is 38.0 Å². The summed E-state index contributed by atoms with van der Waals surface area (Å²) in [4.78, 5) is 0.120. The summed E-state index contributed by atoms with van der Waals surface area (Å²) in [5.41, 5.74) is 6.12. The van der Waals surface area contributed by atoms with Crippen molar-refractivity contribution in [2.24, 2.45) is 11.8 Å². The maximum absolute atomic E-state index is 12.5. The van der Waals surface area contributed by atoms with Gasteiger partial charge < -0.3 is 10.5 Å². The predicted octanol–water partition coefficient (Wildman–Crippen LogP) is 2.38. The number of rotatable bonds is 6. The van der Waals surface area contributed by atoms with Crippen LogP contribution in [0.25, 0.3) is 0 Å². The normalized spacial score (nSPS) is 22.4. The molecule has 1 aliphatic rings. The lowest BCUT2D eigenvalue weighted by molar-refractivity contribution is 0.331. The second kappa shape index (κ2) is 6.66. The van der Waals surface area contributed by atoms with E-state index >= 15 is 0 Å². The van der Waals surface area contributed by atoms with Gasteiger partial charge in [-0.05, 0) is 43.4 Å². The first kappa shape index (κ1) is 16.1. The molecule has 118 valence electrons. The zero-order chi connectivity index (χ0) is 15.5. The van der Waals surface area contributed by atoms with E-state index in [1.54, 1.807) is 12.1 Å². The van der Waals surface area contributed by atoms with Gasteiger partial charge in [-0.1, -0.05) is 19.8 Å². The van der Waals surface area contributed by atoms with Crippen LogP contribution in [0.3, 0.4) is 0 Å². The van der Waals surface area contributed by atoms with Crippen LogP contribution < -0.4 is 15.2 Å². The van der Waals surface area contributed by atoms with Crippen molar-refractivity contribution in [3.8, 4) is 5.75 Å². The van der Waals surface area contributed by atoms with Crippen molar-refractivity contribution in [3.05, 3.63) is 18.2 Å². The van der Waals surface area contributed by atoms with E-state index in [1.807, 2.05) is 6.92 Å². The van der Waals surface area contributed by atoms with Crippen molar-refractivity contribution in [1.82, 2.24) is 4.72 Å². The molecule has 1 fully saturated rings. The zero-order valence-electron chi connectivity index (χ0n) is 12.6. The minimum Gasteiger partial charge on any atom is -0.492 e. The van der Waals surface area contributed by atoms with Gasteiger partial charge in [0.2, 0.25) is 10.0 Å². The van der Waals surface area contributed by atoms with Gasteiger partial charge in [0.1, 0.15) is 10.6 Å². The number of benzene rings is 1. The zero-order valence-corrected chi connectivity index (χ0v) is 13.4. The van der Waals surface area contributed by atoms with E-state index in [-0.39, 0.29) is 4.90 Å². The minimum absolute atomic E-state index is 0.120. The summed E-state index contributed by atoms with van der Waals surface area (Å²) < 4.78 is 33.1. The SMILES string of the molecule is CCOc1ccc(N)cc1S(=O)(=O)NCC1CCCC1C. The first-order chi connectivity index (χ1) is 9.94. The summed E-state index contributed by atoms with van der Waals surface area (Å²) in [7, 11) is -3.60. The highest BCUT2D eigenvalue weighted by Gasteiger charge is 2.26. The number of nitrogens with one attached hydrogen (secondary N) is 1. The summed E-state index contributed by atoms with van der Waals surface area (Å²) in [6.07, 6.45) is 3.43. The van der Waals surface area contributed by atoms with E-state index < -0.39 is 10.0 Å². The van der Waals surface area contributed by atoms with E-state index in [0.717, 1.165) is 6.42 Å². The third-order valence-corrected chi connectivity index (χ3v) is 5.58. The van der Waals surface area contributed by atoms with Crippen LogP contribution in [0.4, 0.5) is 5.69 Å². The number of hydrogen-bond donors (Lipinski definition) is 2. The number of anilines is 1. The molecule has 1 aromatic carbocycles. The van der Waals surface area contributed by atoms with Gasteiger partial charge in [0.15, 0.2) is 0 Å². The summed E-state index contributed by atoms with van der Waals surface area (Å²) in [5, 5.41) is 0. The van der Waals surface area contributed by atoms with Crippen molar-refractivity contribution in [2.75, 3.05) is 18.9 Å². The Labute approximate surface area is 126 Å². The maximum Gasteiger partial charge on any atom is 0.244 e. The number of sulfonamides is 1. The quantitative estimate of drug-likeness (QED) is 0.790. The molecule has 2 rings (SSSR count). The van der Waals surface area contributed by atoms with Crippen molar-refractivity contribution in [1.29, 1.82) is 0 Å². The highest BCUT2D eigenvalue weighted by molar-refractivity contribution is 7.89. The van der Waals surface area contributed by atoms with E-state index in [1.165, 1.54) is 18.9 Å². The smallest absolute Gasteiger partial charge is 0.244 e. The number of nitrogen functional groups attached to an aromatic ring is 1. The Morgan fingerprint density at radius 3 is 2.76 bits per heavy atom. The van der Waals surface area contributed by atoms with Crippen molar-refractivity contribution >= 4 is 15.7 Å². The average molecular weight is 312 g/mol. The predicted molar refractivity (Wildman–Crippen MR) is 83.7 cm³/mol. The van der Waals surface area contributed by atoms with Gasteiger partial charge in [-0.25, -0.2) is 13.1 Å². The van der Waals surface area contributed by atoms with Crippen LogP contribution in [0.15, 0.2) is 23.1 Å². The molecule has 0 aliphatic heterocycles. The molecule has 0 bridgehead atoms. The monoisotopic (exact) mass is 312 g/mol. The third kappa shape index (κ3) is 3.89. The molecular formula is C15H24N2O3S. The van der Waals surface area contributed by atoms with Gasteiger partial charge in [-0.3, -0.25) is 0 Å². The van der Waals surface area contributed by atoms with E-state index in [0.29, 0.717) is 36.4 Å². The van der Waals surface area contributed by atoms with Crippen molar-refractivity contribution in [3.63, 3.8) is 0 Å². The second-order valence-corrected chi connectivity index (χ2v) is 7.39. The number of ether oxygens (including phenoxy) is 1. The van der Waals surface area contributed by atoms with E-state index in [4.69, 9.17) is 10.5 Å². The van der Waals surface area contributed by atoms with E-state index in [9.17, 15) is 8.42 Å². The van der Waals surface area contributed by atoms with Crippen LogP contribution in [-0.2, 0) is 10.0 Å². The minimum atomic E-state index is -3.60. The second-order valence-electron chi connectivity index (χ2n) is 5.66. The van der Waals surface area contributed by atoms with Crippen LogP contribution in [0.5, 0.6) is 5.75 Å². The molecule has 21 heavy (non-hydrogen) atoms. The molecule has 1 aromatic rings. The molecule has 1 aliphatic carbocycles. The molecule has 1 saturated carbocycles. The van der Waals surface area contributed by atoms with Crippen LogP contribution in [0, 0.1) is 11.8 Å². The van der Waals surface area contributed by atoms with Gasteiger partial charge in [0.25, 0.3) is 0 Å². The van der Waals surface area contributed by atoms with Gasteiger partial charge in [0.05, 0.1) is 6.61 Å². The van der Waals surface area contributed by atoms with Crippen LogP contribution >= 0.6 is 0 Å². The highest BCUT2D eigenvalue weighted by Crippen LogP contribution is 2.31. The summed E-state index contributed by atoms with van der Waals surface area (Å²) in [5.74, 6) is 1.33. The van der Waals surface area contributed by atoms with Gasteiger partial charge in [-0.2, -0.15) is 0 Å². The molecule has 2 unspecified atom stereocenters. The van der Waals surface area contributed by atoms with Crippen LogP contribution in [0.2, 0.25) is 0 Å². The Bertz CT molecular complexity index is 587. The molecule has 0 spiro atoms. The highest BCUT2D eigenvalue weighted by atomic mass is 32.2. The van der Waals surface area contributed by atoms with Crippen LogP contribution in [-0.4, -0.2) is 21.6 Å². The third-order valence-electron chi connectivity index (χ3n) is 4.13. The van der Waals surface area contributed by atoms with Crippen LogP contribution in [0.1, 0.15) is 33.1 Å². The molecule has 2 atom stereocenters. The Morgan fingerprint density at radius 2 is 2.14 bits per heavy atom. The molecule has 0 radical (unpaired) electrons. The van der Waals surface area contributed by atoms with Gasteiger partial charge in [0, 0.05) is 12.2 Å². The fourth-order valence-corrected chi connectivity index (χ4v) is 4.10. The first-order valence-corrected chi connectivity index (χ1v) is 8.94. The fraction of sp³-hybridized carbons (Fsp3) is 0.600. The molecule has 0 saturated heterocycles. The molecule has 0 amide bonds. The Hall–Kier alpha value is -1.27. The number of nitrogens with two attached hydrogens (primary N) is 1. The molecular weight excluding hydrogens is 288 g/mol. The summed E-state index contributed by atoms with van der Waals surface area (Å²) >= 11 is 0. The summed E-state index contributed by atoms with van der Waals surface area (Å²) in [6.45, 7) is 4.88. The molecule has 6 heteroatoms. The Balaban J connectivity index is 2.16. The lowest BCUT2D eigenvalue weighted by Gasteiger charge is -2.17. The lowest BCUT2D eigenvalue weighted by Crippen LogP contribution is -2.30. The first-order valence-electron chi connectivity index (χ1n) is 7.46. The topological polar surface area (TPSA) is 81.4 Å². The van der Waals surface area contributed by atoms with Gasteiger partial charge >= 0.3 is 0 Å². The molecule has 5 nitrogen and oxygen atoms in total. The summed E-state index contributed by atoms with van der Waals surface area (Å²) in [6, 6.07) is 4.69. The van der Waals surface area contributed by atoms with Gasteiger partial charge in [-0.15, -0.1) is 0 Å². The maximum atomic E-state index is 12.5. The Morgan fingerprint density at radius 1 is 1.38 bits per heavy atom. The van der Waals surface area contributed by atoms with Crippen molar-refractivity contribution < 1.29 is 13.2 Å².